The number of halogens is 4. The predicted octanol–water partition coefficient (Wildman–Crippen LogP) is 5.31. The van der Waals surface area contributed by atoms with E-state index in [9.17, 15) is 18.0 Å². The molecule has 2 aliphatic heterocycles. The van der Waals surface area contributed by atoms with E-state index in [1.165, 1.54) is 11.1 Å². The standard InChI is InChI=1S/C25H17ClF3N4O2/c1-13-10-32(12-30-13)20-4-3-16(8-23(20)35-2)31-19-7-15(26)11-33-21(19)9-22(34)25(33)14-5-17(27)24(29)18(28)6-14/h3-8,10-12,25,31H,1-2H3/q+1. The number of ketones is 1. The van der Waals surface area contributed by atoms with Crippen molar-refractivity contribution in [1.29, 1.82) is 0 Å². The predicted molar refractivity (Wildman–Crippen MR) is 123 cm³/mol. The number of imidazole rings is 1. The lowest BCUT2D eigenvalue weighted by molar-refractivity contribution is -0.117. The van der Waals surface area contributed by atoms with Gasteiger partial charge in [0, 0.05) is 18.5 Å². The third-order valence-corrected chi connectivity index (χ3v) is 5.80. The first kappa shape index (κ1) is 22.7. The highest BCUT2D eigenvalue weighted by molar-refractivity contribution is 6.31. The van der Waals surface area contributed by atoms with Crippen LogP contribution in [0.4, 0.5) is 18.9 Å². The van der Waals surface area contributed by atoms with Gasteiger partial charge in [-0.3, -0.25) is 15.0 Å². The Morgan fingerprint density at radius 3 is 2.57 bits per heavy atom. The number of fused-ring (bicyclic) bond motifs is 1. The van der Waals surface area contributed by atoms with Crippen LogP contribution in [-0.4, -0.2) is 27.3 Å². The maximum atomic E-state index is 13.9. The summed E-state index contributed by atoms with van der Waals surface area (Å²) in [7, 11) is 1.55. The van der Waals surface area contributed by atoms with Gasteiger partial charge in [-0.1, -0.05) is 11.6 Å². The summed E-state index contributed by atoms with van der Waals surface area (Å²) < 4.78 is 48.5. The van der Waals surface area contributed by atoms with Gasteiger partial charge < -0.3 is 9.30 Å². The molecule has 10 heteroatoms. The minimum Gasteiger partial charge on any atom is -0.494 e. The van der Waals surface area contributed by atoms with E-state index < -0.39 is 29.3 Å². The van der Waals surface area contributed by atoms with Gasteiger partial charge in [-0.05, 0) is 36.8 Å². The smallest absolute Gasteiger partial charge is 0.325 e. The molecule has 2 aromatic carbocycles. The number of ether oxygens (including phenoxy) is 1. The molecule has 1 atom stereocenters. The molecule has 0 fully saturated rings. The highest BCUT2D eigenvalue weighted by atomic mass is 35.5. The largest absolute Gasteiger partial charge is 0.494 e. The molecule has 35 heavy (non-hydrogen) atoms. The molecular weight excluding hydrogens is 481 g/mol. The zero-order valence-corrected chi connectivity index (χ0v) is 19.2. The summed E-state index contributed by atoms with van der Waals surface area (Å²) in [6.45, 7) is 1.88. The highest BCUT2D eigenvalue weighted by Crippen LogP contribution is 2.40. The summed E-state index contributed by atoms with van der Waals surface area (Å²) >= 11 is 6.31. The van der Waals surface area contributed by atoms with Gasteiger partial charge in [0.05, 0.1) is 41.6 Å². The second-order valence-electron chi connectivity index (χ2n) is 7.95. The maximum Gasteiger partial charge on any atom is 0.325 e. The Labute approximate surface area is 203 Å². The molecule has 0 aliphatic carbocycles. The Balaban J connectivity index is 1.46. The maximum absolute atomic E-state index is 13.9. The second-order valence-corrected chi connectivity index (χ2v) is 8.39. The van der Waals surface area contributed by atoms with Gasteiger partial charge in [0.1, 0.15) is 5.75 Å². The van der Waals surface area contributed by atoms with E-state index >= 15 is 0 Å². The molecule has 0 saturated carbocycles. The number of hydrogen-bond donors (Lipinski definition) is 1. The molecule has 3 aromatic rings. The summed E-state index contributed by atoms with van der Waals surface area (Å²) in [5.41, 5.74) is 2.96. The number of anilines is 1. The lowest BCUT2D eigenvalue weighted by Crippen LogP contribution is -2.26. The van der Waals surface area contributed by atoms with Crippen molar-refractivity contribution in [2.75, 3.05) is 12.4 Å². The molecule has 0 bridgehead atoms. The van der Waals surface area contributed by atoms with Crippen LogP contribution in [0.25, 0.3) is 5.69 Å². The third kappa shape index (κ3) is 4.05. The first-order chi connectivity index (χ1) is 16.7. The SMILES string of the molecule is COc1cc(NC2=CC(Cl)=CN3C2=[C+]C(=O)C3c2cc(F)c(F)c(F)c2)ccc1-n1cnc(C)c1. The first-order valence-electron chi connectivity index (χ1n) is 10.4. The molecule has 2 aliphatic rings. The average Bonchev–Trinajstić information content (AvgIpc) is 3.39. The molecule has 5 rings (SSSR count). The number of rotatable bonds is 5. The van der Waals surface area contributed by atoms with Crippen LogP contribution in [0.2, 0.25) is 0 Å². The molecule has 1 aromatic heterocycles. The summed E-state index contributed by atoms with van der Waals surface area (Å²) in [6.07, 6.45) is 9.30. The minimum absolute atomic E-state index is 0.0579. The van der Waals surface area contributed by atoms with E-state index in [-0.39, 0.29) is 10.6 Å². The molecule has 6 nitrogen and oxygen atoms in total. The Hall–Kier alpha value is -4.07. The number of allylic oxidation sites excluding steroid dienone is 2. The van der Waals surface area contributed by atoms with Gasteiger partial charge in [0.2, 0.25) is 5.70 Å². The molecular formula is C25H17ClF3N4O2+. The number of hydrogen-bond acceptors (Lipinski definition) is 5. The fourth-order valence-electron chi connectivity index (χ4n) is 4.04. The molecule has 1 N–H and O–H groups in total. The Morgan fingerprint density at radius 1 is 1.17 bits per heavy atom. The van der Waals surface area contributed by atoms with Crippen molar-refractivity contribution in [2.24, 2.45) is 0 Å². The van der Waals surface area contributed by atoms with E-state index in [0.717, 1.165) is 23.5 Å². The molecule has 0 radical (unpaired) electrons. The molecule has 0 saturated heterocycles. The second kappa shape index (κ2) is 8.61. The van der Waals surface area contributed by atoms with E-state index in [2.05, 4.69) is 16.4 Å². The van der Waals surface area contributed by atoms with Crippen LogP contribution >= 0.6 is 11.6 Å². The van der Waals surface area contributed by atoms with Crippen molar-refractivity contribution >= 4 is 23.1 Å². The van der Waals surface area contributed by atoms with E-state index in [1.54, 1.807) is 25.6 Å². The topological polar surface area (TPSA) is 59.4 Å². The van der Waals surface area contributed by atoms with Gasteiger partial charge in [-0.25, -0.2) is 18.2 Å². The van der Waals surface area contributed by atoms with Crippen LogP contribution in [0.5, 0.6) is 5.75 Å². The number of nitrogens with zero attached hydrogens (tertiary/aromatic N) is 3. The number of aromatic nitrogens is 2. The van der Waals surface area contributed by atoms with Crippen molar-refractivity contribution in [2.45, 2.75) is 13.0 Å². The van der Waals surface area contributed by atoms with Crippen molar-refractivity contribution < 1.29 is 22.7 Å². The lowest BCUT2D eigenvalue weighted by Gasteiger charge is -2.23. The van der Waals surface area contributed by atoms with E-state index in [0.29, 0.717) is 22.8 Å². The quantitative estimate of drug-likeness (QED) is 0.382. The summed E-state index contributed by atoms with van der Waals surface area (Å²) in [5, 5.41) is 3.46. The zero-order valence-electron chi connectivity index (χ0n) is 18.4. The van der Waals surface area contributed by atoms with Crippen LogP contribution in [0.1, 0.15) is 17.3 Å². The van der Waals surface area contributed by atoms with Crippen molar-refractivity contribution in [3.05, 3.63) is 106 Å². The van der Waals surface area contributed by atoms with Crippen LogP contribution in [0, 0.1) is 30.5 Å². The van der Waals surface area contributed by atoms with Gasteiger partial charge in [0.25, 0.3) is 5.70 Å². The Bertz CT molecular complexity index is 1440. The van der Waals surface area contributed by atoms with E-state index in [1.807, 2.05) is 29.8 Å². The lowest BCUT2D eigenvalue weighted by atomic mass is 10.0. The normalized spacial score (nSPS) is 16.9. The van der Waals surface area contributed by atoms with Crippen LogP contribution in [0.15, 0.2) is 71.6 Å². The number of methoxy groups -OCH3 is 1. The summed E-state index contributed by atoms with van der Waals surface area (Å²) in [4.78, 5) is 18.5. The average molecular weight is 498 g/mol. The van der Waals surface area contributed by atoms with Gasteiger partial charge in [-0.2, -0.15) is 0 Å². The summed E-state index contributed by atoms with van der Waals surface area (Å²) in [6, 6.07) is 5.85. The first-order valence-corrected chi connectivity index (χ1v) is 10.8. The fourth-order valence-corrected chi connectivity index (χ4v) is 4.26. The van der Waals surface area contributed by atoms with Gasteiger partial charge in [-0.15, -0.1) is 0 Å². The van der Waals surface area contributed by atoms with Crippen LogP contribution in [-0.2, 0) is 4.79 Å². The molecule has 176 valence electrons. The van der Waals surface area contributed by atoms with Crippen molar-refractivity contribution in [3.8, 4) is 11.4 Å². The molecule has 0 spiro atoms. The van der Waals surface area contributed by atoms with Crippen LogP contribution in [0.3, 0.4) is 0 Å². The molecule has 0 amide bonds. The van der Waals surface area contributed by atoms with Crippen molar-refractivity contribution in [3.63, 3.8) is 0 Å². The van der Waals surface area contributed by atoms with Gasteiger partial charge in [0.15, 0.2) is 29.6 Å². The fraction of sp³-hybridized carbons (Fsp3) is 0.120. The minimum atomic E-state index is -1.60. The highest BCUT2D eigenvalue weighted by Gasteiger charge is 2.46. The van der Waals surface area contributed by atoms with Crippen LogP contribution < -0.4 is 10.1 Å². The van der Waals surface area contributed by atoms with Gasteiger partial charge >= 0.3 is 5.78 Å². The van der Waals surface area contributed by atoms with Crippen molar-refractivity contribution in [1.82, 2.24) is 14.5 Å². The Morgan fingerprint density at radius 2 is 1.91 bits per heavy atom. The number of nitrogens with one attached hydrogen (secondary N) is 1. The number of Topliss-reactive ketones (excluding diaryl/α,β-unsaturated/α-hetero) is 1. The van der Waals surface area contributed by atoms with E-state index in [4.69, 9.17) is 16.3 Å². The number of carbonyl (C=O) groups is 1. The summed E-state index contributed by atoms with van der Waals surface area (Å²) in [5.74, 6) is -4.36. The monoisotopic (exact) mass is 497 g/mol. The number of aryl methyl sites for hydroxylation is 1. The molecule has 3 heterocycles. The third-order valence-electron chi connectivity index (χ3n) is 5.60. The number of carbonyl (C=O) groups excluding carboxylic acids is 1. The zero-order chi connectivity index (χ0) is 24.9. The number of benzene rings is 2. The molecule has 1 unspecified atom stereocenters. The Kier molecular flexibility index (Phi) is 5.59.